The number of ether oxygens (including phenoxy) is 1. The molecule has 0 unspecified atom stereocenters. The van der Waals surface area contributed by atoms with E-state index >= 15 is 0 Å². The average molecular weight is 349 g/mol. The number of carbonyl (C=O) groups excluding carboxylic acids is 1. The summed E-state index contributed by atoms with van der Waals surface area (Å²) in [4.78, 5) is 11.4. The first kappa shape index (κ1) is 18.6. The van der Waals surface area contributed by atoms with Crippen LogP contribution in [0.2, 0.25) is 5.02 Å². The number of amides is 1. The van der Waals surface area contributed by atoms with Crippen LogP contribution in [0.15, 0.2) is 18.2 Å². The summed E-state index contributed by atoms with van der Waals surface area (Å²) in [6, 6.07) is 4.77. The van der Waals surface area contributed by atoms with Gasteiger partial charge in [0.25, 0.3) is 0 Å². The Morgan fingerprint density at radius 2 is 2.09 bits per heavy atom. The quantitative estimate of drug-likeness (QED) is 0.780. The van der Waals surface area contributed by atoms with Crippen molar-refractivity contribution in [3.8, 4) is 5.75 Å². The SMILES string of the molecule is CCNC(=O)CCCN(c1ccc(OC)c(Cl)c1)S(C)(=O)=O. The highest BCUT2D eigenvalue weighted by Gasteiger charge is 2.18. The molecule has 0 saturated heterocycles. The fraction of sp³-hybridized carbons (Fsp3) is 0.500. The molecule has 1 rings (SSSR count). The number of hydrogen-bond donors (Lipinski definition) is 1. The molecule has 1 N–H and O–H groups in total. The smallest absolute Gasteiger partial charge is 0.232 e. The first-order valence-electron chi connectivity index (χ1n) is 6.87. The first-order valence-corrected chi connectivity index (χ1v) is 9.10. The van der Waals surface area contributed by atoms with E-state index in [2.05, 4.69) is 5.32 Å². The summed E-state index contributed by atoms with van der Waals surface area (Å²) >= 11 is 6.04. The van der Waals surface area contributed by atoms with Crippen molar-refractivity contribution in [2.75, 3.05) is 30.8 Å². The number of anilines is 1. The second-order valence-corrected chi connectivity index (χ2v) is 7.03. The van der Waals surface area contributed by atoms with E-state index in [-0.39, 0.29) is 18.9 Å². The van der Waals surface area contributed by atoms with E-state index in [1.165, 1.54) is 17.5 Å². The average Bonchev–Trinajstić information content (AvgIpc) is 2.42. The molecule has 0 aliphatic rings. The summed E-state index contributed by atoms with van der Waals surface area (Å²) < 4.78 is 30.2. The molecule has 124 valence electrons. The maximum atomic E-state index is 12.0. The van der Waals surface area contributed by atoms with Crippen LogP contribution in [0.4, 0.5) is 5.69 Å². The summed E-state index contributed by atoms with van der Waals surface area (Å²) in [6.07, 6.45) is 1.81. The van der Waals surface area contributed by atoms with Gasteiger partial charge in [-0.1, -0.05) is 11.6 Å². The van der Waals surface area contributed by atoms with E-state index in [9.17, 15) is 13.2 Å². The maximum Gasteiger partial charge on any atom is 0.232 e. The zero-order valence-corrected chi connectivity index (χ0v) is 14.5. The van der Waals surface area contributed by atoms with Gasteiger partial charge in [0.1, 0.15) is 5.75 Å². The van der Waals surface area contributed by atoms with Crippen LogP contribution in [0.3, 0.4) is 0 Å². The van der Waals surface area contributed by atoms with Gasteiger partial charge in [0.15, 0.2) is 0 Å². The molecule has 0 saturated carbocycles. The predicted molar refractivity (Wildman–Crippen MR) is 88.1 cm³/mol. The number of benzene rings is 1. The monoisotopic (exact) mass is 348 g/mol. The van der Waals surface area contributed by atoms with Crippen LogP contribution in [0.25, 0.3) is 0 Å². The Morgan fingerprint density at radius 1 is 1.41 bits per heavy atom. The molecule has 6 nitrogen and oxygen atoms in total. The number of halogens is 1. The van der Waals surface area contributed by atoms with Crippen LogP contribution in [0, 0.1) is 0 Å². The molecular formula is C14H21ClN2O4S. The minimum absolute atomic E-state index is 0.0938. The number of carbonyl (C=O) groups is 1. The highest BCUT2D eigenvalue weighted by atomic mass is 35.5. The van der Waals surface area contributed by atoms with Gasteiger partial charge >= 0.3 is 0 Å². The molecular weight excluding hydrogens is 328 g/mol. The van der Waals surface area contributed by atoms with E-state index in [1.807, 2.05) is 6.92 Å². The van der Waals surface area contributed by atoms with E-state index < -0.39 is 10.0 Å². The zero-order chi connectivity index (χ0) is 16.8. The summed E-state index contributed by atoms with van der Waals surface area (Å²) in [5.41, 5.74) is 0.448. The maximum absolute atomic E-state index is 12.0. The number of methoxy groups -OCH3 is 1. The number of nitrogens with one attached hydrogen (secondary N) is 1. The van der Waals surface area contributed by atoms with Crippen molar-refractivity contribution in [1.82, 2.24) is 5.32 Å². The van der Waals surface area contributed by atoms with Crippen LogP contribution in [0.1, 0.15) is 19.8 Å². The fourth-order valence-electron chi connectivity index (χ4n) is 1.97. The molecule has 0 spiro atoms. The first-order chi connectivity index (χ1) is 10.3. The van der Waals surface area contributed by atoms with Gasteiger partial charge in [0, 0.05) is 19.5 Å². The number of nitrogens with zero attached hydrogens (tertiary/aromatic N) is 1. The van der Waals surface area contributed by atoms with Crippen LogP contribution in [-0.4, -0.2) is 40.8 Å². The second-order valence-electron chi connectivity index (χ2n) is 4.71. The Labute approximate surface area is 136 Å². The standard InChI is InChI=1S/C14H21ClN2O4S/c1-4-16-14(18)6-5-9-17(22(3,19)20)11-7-8-13(21-2)12(15)10-11/h7-8,10H,4-6,9H2,1-3H3,(H,16,18). The summed E-state index contributed by atoms with van der Waals surface area (Å²) in [5.74, 6) is 0.380. The Hall–Kier alpha value is -1.47. The molecule has 0 aliphatic carbocycles. The number of hydrogen-bond acceptors (Lipinski definition) is 4. The summed E-state index contributed by atoms with van der Waals surface area (Å²) in [6.45, 7) is 2.60. The highest BCUT2D eigenvalue weighted by Crippen LogP contribution is 2.30. The Bertz CT molecular complexity index is 619. The van der Waals surface area contributed by atoms with Gasteiger partial charge in [0.2, 0.25) is 15.9 Å². The molecule has 0 heterocycles. The predicted octanol–water partition coefficient (Wildman–Crippen LogP) is 2.03. The van der Waals surface area contributed by atoms with E-state index in [1.54, 1.807) is 12.1 Å². The third-order valence-corrected chi connectivity index (χ3v) is 4.45. The molecule has 0 bridgehead atoms. The molecule has 0 aliphatic heterocycles. The Morgan fingerprint density at radius 3 is 2.59 bits per heavy atom. The van der Waals surface area contributed by atoms with Crippen LogP contribution < -0.4 is 14.4 Å². The molecule has 1 amide bonds. The molecule has 22 heavy (non-hydrogen) atoms. The molecule has 8 heteroatoms. The Kier molecular flexibility index (Phi) is 6.96. The van der Waals surface area contributed by atoms with Crippen molar-refractivity contribution in [2.45, 2.75) is 19.8 Å². The largest absolute Gasteiger partial charge is 0.495 e. The van der Waals surface area contributed by atoms with E-state index in [4.69, 9.17) is 16.3 Å². The van der Waals surface area contributed by atoms with Crippen LogP contribution >= 0.6 is 11.6 Å². The van der Waals surface area contributed by atoms with Gasteiger partial charge in [-0.15, -0.1) is 0 Å². The molecule has 1 aromatic rings. The van der Waals surface area contributed by atoms with Crippen molar-refractivity contribution in [1.29, 1.82) is 0 Å². The van der Waals surface area contributed by atoms with Crippen molar-refractivity contribution >= 4 is 33.2 Å². The minimum atomic E-state index is -3.46. The van der Waals surface area contributed by atoms with E-state index in [0.29, 0.717) is 29.4 Å². The summed E-state index contributed by atoms with van der Waals surface area (Å²) in [7, 11) is -1.97. The van der Waals surface area contributed by atoms with Crippen LogP contribution in [0.5, 0.6) is 5.75 Å². The van der Waals surface area contributed by atoms with Gasteiger partial charge in [-0.3, -0.25) is 9.10 Å². The normalized spacial score (nSPS) is 11.1. The lowest BCUT2D eigenvalue weighted by Gasteiger charge is -2.23. The fourth-order valence-corrected chi connectivity index (χ4v) is 3.17. The lowest BCUT2D eigenvalue weighted by atomic mass is 10.2. The summed E-state index contributed by atoms with van der Waals surface area (Å²) in [5, 5.41) is 3.01. The molecule has 0 fully saturated rings. The lowest BCUT2D eigenvalue weighted by Crippen LogP contribution is -2.32. The molecule has 0 radical (unpaired) electrons. The van der Waals surface area contributed by atoms with E-state index in [0.717, 1.165) is 6.26 Å². The molecule has 0 aromatic heterocycles. The van der Waals surface area contributed by atoms with Crippen molar-refractivity contribution < 1.29 is 17.9 Å². The highest BCUT2D eigenvalue weighted by molar-refractivity contribution is 7.92. The second kappa shape index (κ2) is 8.24. The van der Waals surface area contributed by atoms with Gasteiger partial charge in [-0.2, -0.15) is 0 Å². The van der Waals surface area contributed by atoms with Gasteiger partial charge in [-0.25, -0.2) is 8.42 Å². The third kappa shape index (κ3) is 5.38. The minimum Gasteiger partial charge on any atom is -0.495 e. The van der Waals surface area contributed by atoms with Gasteiger partial charge in [0.05, 0.1) is 24.1 Å². The van der Waals surface area contributed by atoms with Crippen molar-refractivity contribution in [2.24, 2.45) is 0 Å². The number of rotatable bonds is 8. The Balaban J connectivity index is 2.86. The number of sulfonamides is 1. The van der Waals surface area contributed by atoms with Crippen molar-refractivity contribution in [3.05, 3.63) is 23.2 Å². The third-order valence-electron chi connectivity index (χ3n) is 2.96. The lowest BCUT2D eigenvalue weighted by molar-refractivity contribution is -0.121. The molecule has 0 atom stereocenters. The topological polar surface area (TPSA) is 75.7 Å². The van der Waals surface area contributed by atoms with Crippen molar-refractivity contribution in [3.63, 3.8) is 0 Å². The molecule has 1 aromatic carbocycles. The van der Waals surface area contributed by atoms with Crippen LogP contribution in [-0.2, 0) is 14.8 Å². The van der Waals surface area contributed by atoms with Gasteiger partial charge < -0.3 is 10.1 Å². The van der Waals surface area contributed by atoms with Gasteiger partial charge in [-0.05, 0) is 31.5 Å². The zero-order valence-electron chi connectivity index (χ0n) is 12.9.